The van der Waals surface area contributed by atoms with Crippen LogP contribution in [0, 0.1) is 13.8 Å². The van der Waals surface area contributed by atoms with E-state index in [1.54, 1.807) is 26.4 Å². The van der Waals surface area contributed by atoms with Crippen molar-refractivity contribution < 1.29 is 9.47 Å². The molecule has 0 amide bonds. The number of aryl methyl sites for hydroxylation is 2. The van der Waals surface area contributed by atoms with Crippen molar-refractivity contribution in [3.05, 3.63) is 47.8 Å². The van der Waals surface area contributed by atoms with Gasteiger partial charge < -0.3 is 9.47 Å². The number of fused-ring (bicyclic) bond motifs is 1. The van der Waals surface area contributed by atoms with E-state index in [0.717, 1.165) is 22.7 Å². The molecule has 0 saturated heterocycles. The van der Waals surface area contributed by atoms with E-state index in [2.05, 4.69) is 15.2 Å². The standard InChI is InChI=1S/C17H18N4O2/c1-11-6-5-9-21-16(11)18-12(2)17(21)20-19-13-7-8-14(22-3)15(10-13)23-4/h5-10H,1-4H3. The Balaban J connectivity index is 2.00. The third-order valence-electron chi connectivity index (χ3n) is 3.61. The number of hydrogen-bond donors (Lipinski definition) is 0. The summed E-state index contributed by atoms with van der Waals surface area (Å²) in [7, 11) is 3.19. The molecule has 6 nitrogen and oxygen atoms in total. The van der Waals surface area contributed by atoms with Crippen LogP contribution in [0.2, 0.25) is 0 Å². The van der Waals surface area contributed by atoms with Gasteiger partial charge in [-0.05, 0) is 37.6 Å². The molecule has 0 aliphatic heterocycles. The van der Waals surface area contributed by atoms with Crippen molar-refractivity contribution in [3.63, 3.8) is 0 Å². The summed E-state index contributed by atoms with van der Waals surface area (Å²) in [6, 6.07) is 9.41. The Kier molecular flexibility index (Phi) is 3.97. The summed E-state index contributed by atoms with van der Waals surface area (Å²) in [5, 5.41) is 8.67. The van der Waals surface area contributed by atoms with Crippen LogP contribution in [0.15, 0.2) is 46.8 Å². The lowest BCUT2D eigenvalue weighted by molar-refractivity contribution is 0.355. The maximum absolute atomic E-state index is 5.28. The fourth-order valence-corrected chi connectivity index (χ4v) is 2.42. The second-order valence-corrected chi connectivity index (χ2v) is 5.14. The maximum Gasteiger partial charge on any atom is 0.182 e. The highest BCUT2D eigenvalue weighted by Gasteiger charge is 2.10. The van der Waals surface area contributed by atoms with E-state index in [0.29, 0.717) is 17.2 Å². The highest BCUT2D eigenvalue weighted by molar-refractivity contribution is 5.57. The number of hydrogen-bond acceptors (Lipinski definition) is 5. The average molecular weight is 310 g/mol. The zero-order chi connectivity index (χ0) is 16.4. The Hall–Kier alpha value is -2.89. The molecular formula is C17H18N4O2. The summed E-state index contributed by atoms with van der Waals surface area (Å²) < 4.78 is 12.4. The zero-order valence-electron chi connectivity index (χ0n) is 13.6. The second-order valence-electron chi connectivity index (χ2n) is 5.14. The predicted octanol–water partition coefficient (Wildman–Crippen LogP) is 4.38. The molecule has 0 N–H and O–H groups in total. The van der Waals surface area contributed by atoms with E-state index in [4.69, 9.17) is 9.47 Å². The van der Waals surface area contributed by atoms with Crippen LogP contribution in [0.1, 0.15) is 11.3 Å². The van der Waals surface area contributed by atoms with Crippen molar-refractivity contribution in [2.75, 3.05) is 14.2 Å². The van der Waals surface area contributed by atoms with Gasteiger partial charge in [0.05, 0.1) is 25.6 Å². The molecule has 0 aliphatic carbocycles. The molecule has 0 atom stereocenters. The number of aromatic nitrogens is 2. The van der Waals surface area contributed by atoms with E-state index < -0.39 is 0 Å². The van der Waals surface area contributed by atoms with Crippen LogP contribution in [-0.4, -0.2) is 23.6 Å². The van der Waals surface area contributed by atoms with Crippen LogP contribution in [0.3, 0.4) is 0 Å². The van der Waals surface area contributed by atoms with Crippen LogP contribution < -0.4 is 9.47 Å². The number of imidazole rings is 1. The molecule has 0 aliphatic rings. The van der Waals surface area contributed by atoms with Crippen LogP contribution in [0.4, 0.5) is 11.5 Å². The Bertz CT molecular complexity index is 884. The third-order valence-corrected chi connectivity index (χ3v) is 3.61. The summed E-state index contributed by atoms with van der Waals surface area (Å²) >= 11 is 0. The van der Waals surface area contributed by atoms with Crippen molar-refractivity contribution in [1.29, 1.82) is 0 Å². The molecule has 23 heavy (non-hydrogen) atoms. The van der Waals surface area contributed by atoms with Crippen molar-refractivity contribution in [2.45, 2.75) is 13.8 Å². The molecule has 2 heterocycles. The van der Waals surface area contributed by atoms with Crippen molar-refractivity contribution in [3.8, 4) is 11.5 Å². The van der Waals surface area contributed by atoms with E-state index in [1.165, 1.54) is 0 Å². The molecule has 118 valence electrons. The lowest BCUT2D eigenvalue weighted by atomic mass is 10.3. The molecular weight excluding hydrogens is 292 g/mol. The topological polar surface area (TPSA) is 60.5 Å². The first-order valence-electron chi connectivity index (χ1n) is 7.22. The highest BCUT2D eigenvalue weighted by Crippen LogP contribution is 2.32. The van der Waals surface area contributed by atoms with Gasteiger partial charge >= 0.3 is 0 Å². The first kappa shape index (κ1) is 15.0. The van der Waals surface area contributed by atoms with Crippen LogP contribution in [0.25, 0.3) is 5.65 Å². The van der Waals surface area contributed by atoms with Crippen LogP contribution in [0.5, 0.6) is 11.5 Å². The maximum atomic E-state index is 5.28. The first-order chi connectivity index (χ1) is 11.1. The van der Waals surface area contributed by atoms with Gasteiger partial charge in [0.1, 0.15) is 5.65 Å². The second kappa shape index (κ2) is 6.08. The molecule has 3 rings (SSSR count). The number of rotatable bonds is 4. The molecule has 0 unspecified atom stereocenters. The zero-order valence-corrected chi connectivity index (χ0v) is 13.6. The van der Waals surface area contributed by atoms with Crippen molar-refractivity contribution >= 4 is 17.2 Å². The first-order valence-corrected chi connectivity index (χ1v) is 7.22. The molecule has 0 fully saturated rings. The summed E-state index contributed by atoms with van der Waals surface area (Å²) in [5.74, 6) is 2.00. The van der Waals surface area contributed by atoms with Crippen LogP contribution >= 0.6 is 0 Å². The fraction of sp³-hybridized carbons (Fsp3) is 0.235. The molecule has 1 aromatic carbocycles. The predicted molar refractivity (Wildman–Crippen MR) is 88.4 cm³/mol. The smallest absolute Gasteiger partial charge is 0.182 e. The largest absolute Gasteiger partial charge is 0.493 e. The van der Waals surface area contributed by atoms with Crippen molar-refractivity contribution in [1.82, 2.24) is 9.38 Å². The van der Waals surface area contributed by atoms with Gasteiger partial charge in [0.2, 0.25) is 0 Å². The lowest BCUT2D eigenvalue weighted by Crippen LogP contribution is -1.89. The van der Waals surface area contributed by atoms with E-state index in [9.17, 15) is 0 Å². The van der Waals surface area contributed by atoms with Gasteiger partial charge in [-0.2, -0.15) is 0 Å². The lowest BCUT2D eigenvalue weighted by Gasteiger charge is -2.06. The molecule has 6 heteroatoms. The molecule has 0 bridgehead atoms. The summed E-state index contributed by atoms with van der Waals surface area (Å²) in [5.41, 5.74) is 3.52. The molecule has 3 aromatic rings. The average Bonchev–Trinajstić information content (AvgIpc) is 2.89. The Morgan fingerprint density at radius 1 is 1.00 bits per heavy atom. The van der Waals surface area contributed by atoms with Gasteiger partial charge in [-0.1, -0.05) is 6.07 Å². The van der Waals surface area contributed by atoms with E-state index >= 15 is 0 Å². The highest BCUT2D eigenvalue weighted by atomic mass is 16.5. The van der Waals surface area contributed by atoms with E-state index in [1.807, 2.05) is 42.6 Å². The minimum atomic E-state index is 0.620. The summed E-state index contributed by atoms with van der Waals surface area (Å²) in [4.78, 5) is 4.55. The number of benzene rings is 1. The minimum Gasteiger partial charge on any atom is -0.493 e. The molecule has 0 saturated carbocycles. The SMILES string of the molecule is COc1ccc(N=Nc2c(C)nc3c(C)cccn23)cc1OC. The van der Waals surface area contributed by atoms with Crippen molar-refractivity contribution in [2.24, 2.45) is 10.2 Å². The Morgan fingerprint density at radius 2 is 1.78 bits per heavy atom. The fourth-order valence-electron chi connectivity index (χ4n) is 2.42. The molecule has 2 aromatic heterocycles. The molecule has 0 radical (unpaired) electrons. The number of ether oxygens (including phenoxy) is 2. The van der Waals surface area contributed by atoms with Gasteiger partial charge in [0.25, 0.3) is 0 Å². The number of azo groups is 1. The van der Waals surface area contributed by atoms with Gasteiger partial charge in [-0.3, -0.25) is 4.40 Å². The summed E-state index contributed by atoms with van der Waals surface area (Å²) in [6.07, 6.45) is 1.94. The number of nitrogens with zero attached hydrogens (tertiary/aromatic N) is 4. The van der Waals surface area contributed by atoms with Gasteiger partial charge in [-0.15, -0.1) is 10.2 Å². The quantitative estimate of drug-likeness (QED) is 0.672. The number of pyridine rings is 1. The number of methoxy groups -OCH3 is 2. The van der Waals surface area contributed by atoms with Crippen LogP contribution in [-0.2, 0) is 0 Å². The Morgan fingerprint density at radius 3 is 2.52 bits per heavy atom. The minimum absolute atomic E-state index is 0.620. The molecule has 0 spiro atoms. The van der Waals surface area contributed by atoms with E-state index in [-0.39, 0.29) is 0 Å². The van der Waals surface area contributed by atoms with Gasteiger partial charge in [-0.25, -0.2) is 4.98 Å². The van der Waals surface area contributed by atoms with Gasteiger partial charge in [0, 0.05) is 12.3 Å². The monoisotopic (exact) mass is 310 g/mol. The normalized spacial score (nSPS) is 11.3. The third kappa shape index (κ3) is 2.75. The van der Waals surface area contributed by atoms with Gasteiger partial charge in [0.15, 0.2) is 17.3 Å². The Labute approximate surface area is 134 Å². The summed E-state index contributed by atoms with van der Waals surface area (Å²) in [6.45, 7) is 3.95.